The van der Waals surface area contributed by atoms with Crippen LogP contribution in [0.15, 0.2) is 79.4 Å². The summed E-state index contributed by atoms with van der Waals surface area (Å²) in [6.45, 7) is 5.81. The average molecular weight is 390 g/mol. The van der Waals surface area contributed by atoms with Crippen LogP contribution in [0.4, 0.5) is 0 Å². The lowest BCUT2D eigenvalue weighted by atomic mass is 10.0. The minimum Gasteiger partial charge on any atom is -0.333 e. The third-order valence-electron chi connectivity index (χ3n) is 6.23. The Bertz CT molecular complexity index is 1400. The first-order chi connectivity index (χ1) is 14.8. The summed E-state index contributed by atoms with van der Waals surface area (Å²) in [5.74, 6) is 1.07. The van der Waals surface area contributed by atoms with Crippen LogP contribution >= 0.6 is 0 Å². The number of nitrogens with zero attached hydrogens (tertiary/aromatic N) is 3. The van der Waals surface area contributed by atoms with Gasteiger partial charge in [-0.15, -0.1) is 0 Å². The van der Waals surface area contributed by atoms with Gasteiger partial charge in [0, 0.05) is 24.0 Å². The van der Waals surface area contributed by atoms with Gasteiger partial charge in [0.1, 0.15) is 0 Å². The van der Waals surface area contributed by atoms with Gasteiger partial charge in [-0.1, -0.05) is 61.2 Å². The fraction of sp³-hybridized carbons (Fsp3) is 0.148. The highest BCUT2D eigenvalue weighted by Crippen LogP contribution is 2.35. The highest BCUT2D eigenvalue weighted by atomic mass is 15.1. The summed E-state index contributed by atoms with van der Waals surface area (Å²) in [5, 5.41) is 1.26. The number of aromatic nitrogens is 3. The van der Waals surface area contributed by atoms with Gasteiger partial charge < -0.3 is 9.13 Å². The molecule has 2 aromatic heterocycles. The Hall–Kier alpha value is -3.59. The smallest absolute Gasteiger partial charge is 0.157 e. The molecule has 3 nitrogen and oxygen atoms in total. The molecule has 0 saturated heterocycles. The summed E-state index contributed by atoms with van der Waals surface area (Å²) >= 11 is 0. The number of imidazole rings is 1. The van der Waals surface area contributed by atoms with Gasteiger partial charge in [0.05, 0.1) is 16.7 Å². The van der Waals surface area contributed by atoms with Crippen LogP contribution in [-0.4, -0.2) is 14.1 Å². The average Bonchev–Trinajstić information content (AvgIpc) is 3.34. The number of hydrogen-bond donors (Lipinski definition) is 0. The number of aryl methyl sites for hydroxylation is 2. The fourth-order valence-electron chi connectivity index (χ4n) is 4.86. The summed E-state index contributed by atoms with van der Waals surface area (Å²) in [5.41, 5.74) is 8.64. The summed E-state index contributed by atoms with van der Waals surface area (Å²) < 4.78 is 4.84. The highest BCUT2D eigenvalue weighted by Gasteiger charge is 2.22. The van der Waals surface area contributed by atoms with Crippen LogP contribution in [0.2, 0.25) is 0 Å². The highest BCUT2D eigenvalue weighted by molar-refractivity contribution is 5.90. The van der Waals surface area contributed by atoms with E-state index in [-0.39, 0.29) is 0 Å². The second-order valence-electron chi connectivity index (χ2n) is 8.10. The van der Waals surface area contributed by atoms with E-state index in [0.29, 0.717) is 0 Å². The van der Waals surface area contributed by atoms with E-state index in [1.165, 1.54) is 33.2 Å². The summed E-state index contributed by atoms with van der Waals surface area (Å²) in [6, 6.07) is 26.0. The molecule has 146 valence electrons. The SMILES string of the molecule is C=Cc1cc2c3c(c1)nc(-c1cc4ccccc4n1Cc1ccccc1)n3CCC2. The molecule has 0 atom stereocenters. The van der Waals surface area contributed by atoms with Crippen molar-refractivity contribution in [3.63, 3.8) is 0 Å². The molecule has 0 bridgehead atoms. The molecular weight excluding hydrogens is 366 g/mol. The first kappa shape index (κ1) is 17.3. The van der Waals surface area contributed by atoms with Crippen LogP contribution in [0, 0.1) is 0 Å². The minimum absolute atomic E-state index is 0.831. The number of benzene rings is 3. The Morgan fingerprint density at radius 2 is 1.80 bits per heavy atom. The predicted octanol–water partition coefficient (Wildman–Crippen LogP) is 6.30. The molecular formula is C27H23N3. The molecule has 3 heterocycles. The van der Waals surface area contributed by atoms with E-state index in [1.807, 2.05) is 6.08 Å². The molecule has 0 N–H and O–H groups in total. The van der Waals surface area contributed by atoms with E-state index in [0.717, 1.165) is 42.8 Å². The van der Waals surface area contributed by atoms with Crippen molar-refractivity contribution < 1.29 is 0 Å². The van der Waals surface area contributed by atoms with E-state index in [2.05, 4.69) is 88.5 Å². The zero-order valence-electron chi connectivity index (χ0n) is 16.9. The normalized spacial score (nSPS) is 13.2. The van der Waals surface area contributed by atoms with Crippen molar-refractivity contribution in [3.05, 3.63) is 96.1 Å². The Labute approximate surface area is 175 Å². The van der Waals surface area contributed by atoms with Crippen molar-refractivity contribution in [1.82, 2.24) is 14.1 Å². The Kier molecular flexibility index (Phi) is 3.88. The number of rotatable bonds is 4. The zero-order valence-corrected chi connectivity index (χ0v) is 16.9. The van der Waals surface area contributed by atoms with E-state index in [4.69, 9.17) is 4.98 Å². The molecule has 1 aliphatic rings. The molecule has 1 aliphatic heterocycles. The van der Waals surface area contributed by atoms with Gasteiger partial charge in [0.25, 0.3) is 0 Å². The van der Waals surface area contributed by atoms with Gasteiger partial charge in [-0.25, -0.2) is 4.98 Å². The van der Waals surface area contributed by atoms with Crippen LogP contribution in [0.1, 0.15) is 23.1 Å². The minimum atomic E-state index is 0.831. The van der Waals surface area contributed by atoms with Gasteiger partial charge in [-0.2, -0.15) is 0 Å². The molecule has 0 fully saturated rings. The van der Waals surface area contributed by atoms with Crippen molar-refractivity contribution in [2.24, 2.45) is 0 Å². The molecule has 6 rings (SSSR count). The van der Waals surface area contributed by atoms with Crippen molar-refractivity contribution in [2.45, 2.75) is 25.9 Å². The third-order valence-corrected chi connectivity index (χ3v) is 6.23. The monoisotopic (exact) mass is 389 g/mol. The predicted molar refractivity (Wildman–Crippen MR) is 125 cm³/mol. The van der Waals surface area contributed by atoms with Crippen molar-refractivity contribution in [2.75, 3.05) is 0 Å². The fourth-order valence-corrected chi connectivity index (χ4v) is 4.86. The van der Waals surface area contributed by atoms with Crippen LogP contribution in [0.5, 0.6) is 0 Å². The molecule has 0 saturated carbocycles. The van der Waals surface area contributed by atoms with E-state index in [1.54, 1.807) is 0 Å². The molecule has 0 aliphatic carbocycles. The first-order valence-corrected chi connectivity index (χ1v) is 10.6. The molecule has 5 aromatic rings. The van der Waals surface area contributed by atoms with Crippen LogP contribution in [-0.2, 0) is 19.5 Å². The molecule has 30 heavy (non-hydrogen) atoms. The van der Waals surface area contributed by atoms with Gasteiger partial charge >= 0.3 is 0 Å². The standard InChI is InChI=1S/C27H23N3/c1-2-19-15-22-12-8-14-29-26(22)23(16-19)28-27(29)25-17-21-11-6-7-13-24(21)30(25)18-20-9-4-3-5-10-20/h2-7,9-11,13,15-17H,1,8,12,14,18H2. The Balaban J connectivity index is 1.62. The number of para-hydroxylation sites is 1. The van der Waals surface area contributed by atoms with Crippen LogP contribution in [0.25, 0.3) is 39.5 Å². The molecule has 3 aromatic carbocycles. The number of hydrogen-bond acceptors (Lipinski definition) is 1. The third kappa shape index (κ3) is 2.62. The maximum atomic E-state index is 5.16. The topological polar surface area (TPSA) is 22.8 Å². The summed E-state index contributed by atoms with van der Waals surface area (Å²) in [4.78, 5) is 5.16. The lowest BCUT2D eigenvalue weighted by Gasteiger charge is -2.18. The quantitative estimate of drug-likeness (QED) is 0.354. The maximum absolute atomic E-state index is 5.16. The van der Waals surface area contributed by atoms with E-state index in [9.17, 15) is 0 Å². The van der Waals surface area contributed by atoms with Gasteiger partial charge in [0.15, 0.2) is 5.82 Å². The lowest BCUT2D eigenvalue weighted by Crippen LogP contribution is -2.11. The molecule has 0 amide bonds. The Morgan fingerprint density at radius 3 is 2.67 bits per heavy atom. The molecule has 0 unspecified atom stereocenters. The summed E-state index contributed by atoms with van der Waals surface area (Å²) in [6.07, 6.45) is 4.18. The summed E-state index contributed by atoms with van der Waals surface area (Å²) in [7, 11) is 0. The van der Waals surface area contributed by atoms with Crippen molar-refractivity contribution in [3.8, 4) is 11.5 Å². The number of fused-ring (bicyclic) bond motifs is 1. The largest absolute Gasteiger partial charge is 0.333 e. The maximum Gasteiger partial charge on any atom is 0.157 e. The molecule has 0 spiro atoms. The molecule has 0 radical (unpaired) electrons. The zero-order chi connectivity index (χ0) is 20.1. The van der Waals surface area contributed by atoms with Gasteiger partial charge in [0.2, 0.25) is 0 Å². The van der Waals surface area contributed by atoms with Crippen molar-refractivity contribution >= 4 is 28.0 Å². The van der Waals surface area contributed by atoms with Gasteiger partial charge in [-0.05, 0) is 53.8 Å². The van der Waals surface area contributed by atoms with E-state index < -0.39 is 0 Å². The Morgan fingerprint density at radius 1 is 0.967 bits per heavy atom. The van der Waals surface area contributed by atoms with Gasteiger partial charge in [-0.3, -0.25) is 0 Å². The second-order valence-corrected chi connectivity index (χ2v) is 8.10. The van der Waals surface area contributed by atoms with Crippen molar-refractivity contribution in [1.29, 1.82) is 0 Å². The van der Waals surface area contributed by atoms with Crippen LogP contribution < -0.4 is 0 Å². The second kappa shape index (κ2) is 6.74. The molecule has 3 heteroatoms. The van der Waals surface area contributed by atoms with E-state index >= 15 is 0 Å². The lowest BCUT2D eigenvalue weighted by molar-refractivity contribution is 0.634. The van der Waals surface area contributed by atoms with Crippen LogP contribution in [0.3, 0.4) is 0 Å². The first-order valence-electron chi connectivity index (χ1n) is 10.6.